The van der Waals surface area contributed by atoms with Gasteiger partial charge in [0, 0.05) is 12.6 Å². The Morgan fingerprint density at radius 3 is 1.86 bits per heavy atom. The first-order chi connectivity index (χ1) is 6.79. The summed E-state index contributed by atoms with van der Waals surface area (Å²) in [7, 11) is 0. The second-order valence-electron chi connectivity index (χ2n) is 3.80. The van der Waals surface area contributed by atoms with Crippen LogP contribution >= 0.6 is 0 Å². The molecule has 0 unspecified atom stereocenters. The van der Waals surface area contributed by atoms with Crippen LogP contribution in [0.1, 0.15) is 59.8 Å². The number of hydroxylamine groups is 2. The molecule has 0 aliphatic carbocycles. The smallest absolute Gasteiger partial charge is 0.0682 e. The number of hydrogen-bond acceptors (Lipinski definition) is 2. The van der Waals surface area contributed by atoms with Crippen molar-refractivity contribution in [3.05, 3.63) is 0 Å². The van der Waals surface area contributed by atoms with Crippen LogP contribution in [0.3, 0.4) is 0 Å². The molecule has 0 aliphatic heterocycles. The van der Waals surface area contributed by atoms with Gasteiger partial charge in [-0.05, 0) is 19.3 Å². The van der Waals surface area contributed by atoms with Gasteiger partial charge in [-0.2, -0.15) is 5.06 Å². The van der Waals surface area contributed by atoms with E-state index in [1.807, 2.05) is 0 Å². The monoisotopic (exact) mass is 201 g/mol. The summed E-state index contributed by atoms with van der Waals surface area (Å²) in [5.41, 5.74) is 0. The molecule has 0 amide bonds. The number of hydrogen-bond donors (Lipinski definition) is 0. The van der Waals surface area contributed by atoms with E-state index in [0.717, 1.165) is 19.6 Å². The van der Waals surface area contributed by atoms with Gasteiger partial charge in [0.05, 0.1) is 6.61 Å². The van der Waals surface area contributed by atoms with E-state index in [4.69, 9.17) is 4.84 Å². The Labute approximate surface area is 89.6 Å². The van der Waals surface area contributed by atoms with Gasteiger partial charge in [-0.3, -0.25) is 4.84 Å². The maximum Gasteiger partial charge on any atom is 0.0682 e. The minimum absolute atomic E-state index is 0.626. The molecule has 0 aliphatic rings. The molecule has 0 fully saturated rings. The molecule has 0 spiro atoms. The van der Waals surface area contributed by atoms with Gasteiger partial charge >= 0.3 is 0 Å². The van der Waals surface area contributed by atoms with Crippen molar-refractivity contribution in [3.8, 4) is 0 Å². The highest BCUT2D eigenvalue weighted by Crippen LogP contribution is 2.13. The van der Waals surface area contributed by atoms with Gasteiger partial charge in [-0.1, -0.05) is 40.5 Å². The Morgan fingerprint density at radius 2 is 1.50 bits per heavy atom. The normalized spacial score (nSPS) is 11.6. The molecule has 0 aromatic carbocycles. The minimum Gasteiger partial charge on any atom is -0.299 e. The van der Waals surface area contributed by atoms with E-state index in [-0.39, 0.29) is 0 Å². The summed E-state index contributed by atoms with van der Waals surface area (Å²) < 4.78 is 0. The zero-order chi connectivity index (χ0) is 10.8. The van der Waals surface area contributed by atoms with E-state index in [1.54, 1.807) is 0 Å². The fourth-order valence-corrected chi connectivity index (χ4v) is 1.76. The zero-order valence-electron chi connectivity index (χ0n) is 10.4. The van der Waals surface area contributed by atoms with E-state index >= 15 is 0 Å². The van der Waals surface area contributed by atoms with Crippen LogP contribution in [0.15, 0.2) is 0 Å². The number of rotatable bonds is 9. The fraction of sp³-hybridized carbons (Fsp3) is 1.00. The van der Waals surface area contributed by atoms with Crippen LogP contribution in [0.2, 0.25) is 0 Å². The highest BCUT2D eigenvalue weighted by atomic mass is 16.7. The van der Waals surface area contributed by atoms with E-state index in [0.29, 0.717) is 6.04 Å². The van der Waals surface area contributed by atoms with E-state index in [1.165, 1.54) is 25.7 Å². The first-order valence-electron chi connectivity index (χ1n) is 6.19. The van der Waals surface area contributed by atoms with Crippen molar-refractivity contribution in [2.45, 2.75) is 65.8 Å². The third-order valence-electron chi connectivity index (χ3n) is 2.42. The van der Waals surface area contributed by atoms with E-state index in [9.17, 15) is 0 Å². The molecule has 0 rings (SSSR count). The van der Waals surface area contributed by atoms with Crippen molar-refractivity contribution in [1.29, 1.82) is 0 Å². The second-order valence-corrected chi connectivity index (χ2v) is 3.80. The topological polar surface area (TPSA) is 12.5 Å². The van der Waals surface area contributed by atoms with Gasteiger partial charge in [0.15, 0.2) is 0 Å². The number of nitrogens with zero attached hydrogens (tertiary/aromatic N) is 1. The van der Waals surface area contributed by atoms with Crippen LogP contribution in [-0.4, -0.2) is 24.3 Å². The quantitative estimate of drug-likeness (QED) is 0.528. The highest BCUT2D eigenvalue weighted by molar-refractivity contribution is 4.63. The molecule has 0 aromatic rings. The van der Waals surface area contributed by atoms with Crippen LogP contribution < -0.4 is 0 Å². The van der Waals surface area contributed by atoms with Gasteiger partial charge in [-0.15, -0.1) is 0 Å². The Hall–Kier alpha value is -0.0800. The third kappa shape index (κ3) is 5.61. The first-order valence-corrected chi connectivity index (χ1v) is 6.19. The third-order valence-corrected chi connectivity index (χ3v) is 2.42. The molecular formula is C12H27NO. The van der Waals surface area contributed by atoms with Crippen LogP contribution in [0.25, 0.3) is 0 Å². The van der Waals surface area contributed by atoms with Gasteiger partial charge in [0.25, 0.3) is 0 Å². The summed E-state index contributed by atoms with van der Waals surface area (Å²) in [6, 6.07) is 0.626. The van der Waals surface area contributed by atoms with Crippen molar-refractivity contribution < 1.29 is 4.84 Å². The highest BCUT2D eigenvalue weighted by Gasteiger charge is 2.15. The van der Waals surface area contributed by atoms with Gasteiger partial charge in [-0.25, -0.2) is 0 Å². The average Bonchev–Trinajstić information content (AvgIpc) is 2.19. The lowest BCUT2D eigenvalue weighted by molar-refractivity contribution is -0.186. The first kappa shape index (κ1) is 13.9. The summed E-state index contributed by atoms with van der Waals surface area (Å²) in [5.74, 6) is 0. The SMILES string of the molecule is CCCON(CC)C(CCC)CCC. The maximum absolute atomic E-state index is 5.74. The van der Waals surface area contributed by atoms with Gasteiger partial charge in [0.2, 0.25) is 0 Å². The van der Waals surface area contributed by atoms with Crippen LogP contribution in [0, 0.1) is 0 Å². The molecule has 0 saturated heterocycles. The zero-order valence-corrected chi connectivity index (χ0v) is 10.4. The summed E-state index contributed by atoms with van der Waals surface area (Å²) in [6.07, 6.45) is 6.10. The molecule has 0 heterocycles. The summed E-state index contributed by atoms with van der Waals surface area (Å²) in [4.78, 5) is 5.74. The molecule has 2 heteroatoms. The molecule has 0 bridgehead atoms. The lowest BCUT2D eigenvalue weighted by Gasteiger charge is -2.29. The molecule has 86 valence electrons. The molecule has 0 N–H and O–H groups in total. The Kier molecular flexibility index (Phi) is 9.42. The summed E-state index contributed by atoms with van der Waals surface area (Å²) in [5, 5.41) is 2.18. The van der Waals surface area contributed by atoms with Crippen molar-refractivity contribution >= 4 is 0 Å². The Balaban J connectivity index is 3.96. The molecule has 0 saturated carbocycles. The lowest BCUT2D eigenvalue weighted by atomic mass is 10.1. The van der Waals surface area contributed by atoms with Crippen molar-refractivity contribution in [3.63, 3.8) is 0 Å². The largest absolute Gasteiger partial charge is 0.299 e. The van der Waals surface area contributed by atoms with Crippen LogP contribution in [0.5, 0.6) is 0 Å². The van der Waals surface area contributed by atoms with Crippen LogP contribution in [0.4, 0.5) is 0 Å². The Bertz CT molecular complexity index is 111. The molecule has 14 heavy (non-hydrogen) atoms. The van der Waals surface area contributed by atoms with Crippen molar-refractivity contribution in [2.75, 3.05) is 13.2 Å². The van der Waals surface area contributed by atoms with Gasteiger partial charge in [0.1, 0.15) is 0 Å². The predicted octanol–water partition coefficient (Wildman–Crippen LogP) is 3.62. The molecule has 0 atom stereocenters. The van der Waals surface area contributed by atoms with Crippen molar-refractivity contribution in [2.24, 2.45) is 0 Å². The molecule has 2 nitrogen and oxygen atoms in total. The van der Waals surface area contributed by atoms with Crippen LogP contribution in [-0.2, 0) is 4.84 Å². The molecule has 0 radical (unpaired) electrons. The summed E-state index contributed by atoms with van der Waals surface area (Å²) in [6.45, 7) is 10.7. The molecular weight excluding hydrogens is 174 g/mol. The fourth-order valence-electron chi connectivity index (χ4n) is 1.76. The van der Waals surface area contributed by atoms with E-state index < -0.39 is 0 Å². The lowest BCUT2D eigenvalue weighted by Crippen LogP contribution is -2.35. The standard InChI is InChI=1S/C12H27NO/c1-5-9-12(10-6-2)13(8-4)14-11-7-3/h12H,5-11H2,1-4H3. The van der Waals surface area contributed by atoms with E-state index in [2.05, 4.69) is 32.8 Å². The maximum atomic E-state index is 5.74. The van der Waals surface area contributed by atoms with Gasteiger partial charge < -0.3 is 0 Å². The summed E-state index contributed by atoms with van der Waals surface area (Å²) >= 11 is 0. The van der Waals surface area contributed by atoms with Crippen molar-refractivity contribution in [1.82, 2.24) is 5.06 Å². The minimum atomic E-state index is 0.626. The predicted molar refractivity (Wildman–Crippen MR) is 62.2 cm³/mol. The second kappa shape index (κ2) is 9.47. The Morgan fingerprint density at radius 1 is 0.929 bits per heavy atom. The average molecular weight is 201 g/mol. The molecule has 0 aromatic heterocycles.